The number of aliphatic hydroxyl groups excluding tert-OH is 2. The summed E-state index contributed by atoms with van der Waals surface area (Å²) in [5.74, 6) is 0.725. The van der Waals surface area contributed by atoms with E-state index in [9.17, 15) is 43.4 Å². The quantitative estimate of drug-likeness (QED) is 0.0807. The van der Waals surface area contributed by atoms with E-state index in [0.717, 1.165) is 21.3 Å². The minimum absolute atomic E-state index is 0.0740. The summed E-state index contributed by atoms with van der Waals surface area (Å²) in [6.45, 7) is 2.36. The summed E-state index contributed by atoms with van der Waals surface area (Å²) in [7, 11) is -16.6. The van der Waals surface area contributed by atoms with Crippen LogP contribution in [0.15, 0.2) is 28.8 Å². The first-order chi connectivity index (χ1) is 21.4. The molecule has 0 bridgehead atoms. The summed E-state index contributed by atoms with van der Waals surface area (Å²) < 4.78 is 62.3. The van der Waals surface area contributed by atoms with Crippen molar-refractivity contribution in [3.05, 3.63) is 56.4 Å². The van der Waals surface area contributed by atoms with Crippen LogP contribution in [-0.4, -0.2) is 75.9 Å². The molecule has 1 saturated heterocycles. The number of hydrogen-bond donors (Lipinski definition) is 7. The highest BCUT2D eigenvalue weighted by molar-refractivity contribution is 7.66. The van der Waals surface area contributed by atoms with Gasteiger partial charge in [-0.3, -0.25) is 13.6 Å². The zero-order valence-corrected chi connectivity index (χ0v) is 27.5. The summed E-state index contributed by atoms with van der Waals surface area (Å²) in [6.07, 6.45) is -3.76. The number of nitrogen functional groups attached to an aromatic ring is 2. The van der Waals surface area contributed by atoms with E-state index in [0.29, 0.717) is 23.8 Å². The van der Waals surface area contributed by atoms with E-state index < -0.39 is 66.9 Å². The Morgan fingerprint density at radius 1 is 1.04 bits per heavy atom. The van der Waals surface area contributed by atoms with Crippen LogP contribution in [0.25, 0.3) is 0 Å². The van der Waals surface area contributed by atoms with E-state index in [1.165, 1.54) is 17.4 Å². The van der Waals surface area contributed by atoms with Gasteiger partial charge in [-0.25, -0.2) is 28.5 Å². The summed E-state index contributed by atoms with van der Waals surface area (Å²) in [4.78, 5) is 54.1. The van der Waals surface area contributed by atoms with Gasteiger partial charge in [-0.05, 0) is 13.0 Å². The largest absolute Gasteiger partial charge is 0.490 e. The van der Waals surface area contributed by atoms with Gasteiger partial charge in [0, 0.05) is 25.7 Å². The third-order valence-corrected chi connectivity index (χ3v) is 11.8. The highest BCUT2D eigenvalue weighted by atomic mass is 32.1. The Morgan fingerprint density at radius 3 is 2.37 bits per heavy atom. The van der Waals surface area contributed by atoms with Crippen LogP contribution in [0.5, 0.6) is 0 Å². The molecule has 0 aliphatic carbocycles. The Balaban J connectivity index is 1.27. The molecule has 1 aliphatic rings. The Bertz CT molecular complexity index is 1780. The molecule has 0 aromatic carbocycles. The monoisotopic (exact) mass is 730 g/mol. The lowest BCUT2D eigenvalue weighted by atomic mass is 10.1. The molecule has 7 atom stereocenters. The second kappa shape index (κ2) is 14.3. The average Bonchev–Trinajstić information content (AvgIpc) is 3.41. The van der Waals surface area contributed by atoms with Crippen molar-refractivity contribution in [2.24, 2.45) is 0 Å². The van der Waals surface area contributed by atoms with Crippen LogP contribution in [0.4, 0.5) is 11.6 Å². The molecule has 1 fully saturated rings. The first-order valence-corrected chi connectivity index (χ1v) is 18.3. The summed E-state index contributed by atoms with van der Waals surface area (Å²) in [5, 5.41) is 20.5. The highest BCUT2D eigenvalue weighted by Gasteiger charge is 2.47. The van der Waals surface area contributed by atoms with Gasteiger partial charge in [-0.1, -0.05) is 11.3 Å². The minimum Gasteiger partial charge on any atom is -0.387 e. The van der Waals surface area contributed by atoms with Crippen LogP contribution >= 0.6 is 34.8 Å². The Morgan fingerprint density at radius 2 is 1.72 bits per heavy atom. The van der Waals surface area contributed by atoms with Crippen molar-refractivity contribution in [1.29, 1.82) is 0 Å². The number of nitrogens with two attached hydrogens (primary N) is 2. The Labute approximate surface area is 263 Å². The molecule has 0 amide bonds. The molecule has 254 valence electrons. The number of phosphoric acid groups is 3. The van der Waals surface area contributed by atoms with E-state index in [1.54, 1.807) is 25.6 Å². The standard InChI is InChI=1S/C21H30N7O14P3S/c1-11-15(46-10-27(11)8-13-7-24-12(2)25-19(13)23)4-6-38-43(32,33)41-45(36,37)42-44(34,35)39-9-14-17(29)18(30)20(40-14)28-5-3-16(22)26-21(28)31/h3,5,7,10,14,17-18,20,29-30H,4,6,8-9H2,1-2H3,(H6-,22,23,24,25,26,31,32,33,34,35,36,37)/p+1/t14-,17-,18-,20-/m1/s1. The van der Waals surface area contributed by atoms with E-state index in [4.69, 9.17) is 20.7 Å². The fourth-order valence-electron chi connectivity index (χ4n) is 4.13. The molecule has 0 radical (unpaired) electrons. The van der Waals surface area contributed by atoms with Gasteiger partial charge in [0.15, 0.2) is 18.5 Å². The van der Waals surface area contributed by atoms with Crippen LogP contribution in [0, 0.1) is 13.8 Å². The number of rotatable bonds is 14. The zero-order chi connectivity index (χ0) is 34.0. The molecule has 0 spiro atoms. The predicted molar refractivity (Wildman–Crippen MR) is 156 cm³/mol. The number of nitrogens with zero attached hydrogens (tertiary/aromatic N) is 5. The number of aromatic nitrogens is 5. The molecular weight excluding hydrogens is 699 g/mol. The second-order valence-corrected chi connectivity index (χ2v) is 15.3. The first kappa shape index (κ1) is 36.3. The van der Waals surface area contributed by atoms with E-state index in [2.05, 4.69) is 28.1 Å². The number of phosphoric ester groups is 2. The topological polar surface area (TPSA) is 315 Å². The second-order valence-electron chi connectivity index (χ2n) is 9.72. The maximum absolute atomic E-state index is 12.3. The van der Waals surface area contributed by atoms with Crippen LogP contribution in [-0.2, 0) is 49.1 Å². The highest BCUT2D eigenvalue weighted by Crippen LogP contribution is 2.67. The van der Waals surface area contributed by atoms with Crippen molar-refractivity contribution >= 4 is 46.4 Å². The number of ether oxygens (including phenoxy) is 1. The lowest BCUT2D eigenvalue weighted by Crippen LogP contribution is -2.36. The van der Waals surface area contributed by atoms with Crippen molar-refractivity contribution < 1.29 is 65.6 Å². The lowest BCUT2D eigenvalue weighted by molar-refractivity contribution is -0.689. The molecular formula is C21H31N7O14P3S+. The number of thiazole rings is 1. The number of aryl methyl sites for hydroxylation is 1. The maximum Gasteiger partial charge on any atom is 0.490 e. The summed E-state index contributed by atoms with van der Waals surface area (Å²) in [6, 6.07) is 1.21. The Hall–Kier alpha value is -2.52. The fraction of sp³-hybridized carbons (Fsp3) is 0.476. The van der Waals surface area contributed by atoms with Gasteiger partial charge in [-0.15, -0.1) is 0 Å². The summed E-state index contributed by atoms with van der Waals surface area (Å²) >= 11 is 1.30. The van der Waals surface area contributed by atoms with Gasteiger partial charge in [-0.2, -0.15) is 18.2 Å². The molecule has 3 aromatic heterocycles. The van der Waals surface area contributed by atoms with Gasteiger partial charge in [0.05, 0.1) is 23.7 Å². The van der Waals surface area contributed by atoms with Gasteiger partial charge < -0.3 is 41.1 Å². The van der Waals surface area contributed by atoms with Crippen molar-refractivity contribution in [2.75, 3.05) is 24.7 Å². The van der Waals surface area contributed by atoms with Crippen LogP contribution in [0.3, 0.4) is 0 Å². The zero-order valence-electron chi connectivity index (χ0n) is 24.0. The predicted octanol–water partition coefficient (Wildman–Crippen LogP) is -0.559. The number of hydrogen-bond acceptors (Lipinski definition) is 17. The normalized spacial score (nSPS) is 23.9. The van der Waals surface area contributed by atoms with Crippen molar-refractivity contribution in [1.82, 2.24) is 19.5 Å². The molecule has 21 nitrogen and oxygen atoms in total. The molecule has 46 heavy (non-hydrogen) atoms. The molecule has 0 saturated carbocycles. The van der Waals surface area contributed by atoms with Crippen molar-refractivity contribution in [2.45, 2.75) is 51.4 Å². The van der Waals surface area contributed by atoms with Crippen LogP contribution in [0.1, 0.15) is 28.2 Å². The average molecular weight is 731 g/mol. The van der Waals surface area contributed by atoms with Crippen molar-refractivity contribution in [3.8, 4) is 0 Å². The van der Waals surface area contributed by atoms with Crippen LogP contribution < -0.4 is 21.7 Å². The lowest BCUT2D eigenvalue weighted by Gasteiger charge is -2.20. The third kappa shape index (κ3) is 9.30. The summed E-state index contributed by atoms with van der Waals surface area (Å²) in [5.41, 5.74) is 13.6. The van der Waals surface area contributed by atoms with Crippen molar-refractivity contribution in [3.63, 3.8) is 0 Å². The van der Waals surface area contributed by atoms with Crippen LogP contribution in [0.2, 0.25) is 0 Å². The SMILES string of the molecule is Cc1ncc(C[n+]2csc(CCOP(=O)(O)OP(=O)(O)OP(=O)(O)OC[C@H]3O[C@@H](n4ccc(N)nc4=O)[C@H](O)[C@@H]3O)c2C)c(N)n1. The van der Waals surface area contributed by atoms with Gasteiger partial charge >= 0.3 is 29.2 Å². The fourth-order valence-corrected chi connectivity index (χ4v) is 8.61. The smallest absolute Gasteiger partial charge is 0.387 e. The van der Waals surface area contributed by atoms with Gasteiger partial charge in [0.2, 0.25) is 5.51 Å². The molecule has 4 rings (SSSR count). The number of aliphatic hydroxyl groups is 2. The molecule has 3 aromatic rings. The van der Waals surface area contributed by atoms with E-state index in [1.807, 2.05) is 4.57 Å². The van der Waals surface area contributed by atoms with Gasteiger partial charge in [0.1, 0.15) is 35.8 Å². The van der Waals surface area contributed by atoms with E-state index >= 15 is 0 Å². The molecule has 9 N–H and O–H groups in total. The van der Waals surface area contributed by atoms with E-state index in [-0.39, 0.29) is 12.2 Å². The maximum atomic E-state index is 12.3. The molecule has 4 heterocycles. The minimum atomic E-state index is -5.78. The molecule has 25 heteroatoms. The van der Waals surface area contributed by atoms with Gasteiger partial charge in [0.25, 0.3) is 0 Å². The third-order valence-electron chi connectivity index (χ3n) is 6.38. The number of anilines is 2. The molecule has 3 unspecified atom stereocenters. The Kier molecular flexibility index (Phi) is 11.3. The first-order valence-electron chi connectivity index (χ1n) is 13.0. The molecule has 1 aliphatic heterocycles.